The number of hydrogen-bond donors (Lipinski definition) is 2. The number of ether oxygens (including phenoxy) is 2. The van der Waals surface area contributed by atoms with Gasteiger partial charge in [0.25, 0.3) is 0 Å². The lowest BCUT2D eigenvalue weighted by Crippen LogP contribution is -2.36. The third kappa shape index (κ3) is 4.85. The summed E-state index contributed by atoms with van der Waals surface area (Å²) in [5.41, 5.74) is 0.959. The molecule has 0 radical (unpaired) electrons. The van der Waals surface area contributed by atoms with Crippen molar-refractivity contribution in [1.82, 2.24) is 10.3 Å². The minimum atomic E-state index is -0.121. The predicted octanol–water partition coefficient (Wildman–Crippen LogP) is 1.43. The standard InChI is InChI=1S/C11H18N2O3S2/c1-7-9(18-11(17)13-7)4-10(14)12-5-8(16-3)6-15-2/h8H,4-6H2,1-3H3,(H,12,14)(H,13,17). The summed E-state index contributed by atoms with van der Waals surface area (Å²) in [6, 6.07) is 0. The van der Waals surface area contributed by atoms with Gasteiger partial charge in [0, 0.05) is 31.3 Å². The van der Waals surface area contributed by atoms with Crippen LogP contribution in [0.15, 0.2) is 0 Å². The number of thiazole rings is 1. The first-order chi connectivity index (χ1) is 8.56. The van der Waals surface area contributed by atoms with Gasteiger partial charge < -0.3 is 19.8 Å². The van der Waals surface area contributed by atoms with Gasteiger partial charge >= 0.3 is 0 Å². The Hall–Kier alpha value is -0.760. The maximum absolute atomic E-state index is 11.7. The molecular weight excluding hydrogens is 272 g/mol. The molecule has 1 aromatic rings. The Kier molecular flexibility index (Phi) is 6.48. The molecule has 1 rings (SSSR count). The number of amides is 1. The van der Waals surface area contributed by atoms with Gasteiger partial charge in [0.1, 0.15) is 0 Å². The summed E-state index contributed by atoms with van der Waals surface area (Å²) < 4.78 is 10.8. The topological polar surface area (TPSA) is 63.3 Å². The molecular formula is C11H18N2O3S2. The SMILES string of the molecule is COCC(CNC(=O)Cc1sc(=S)[nH]c1C)OC. The number of methoxy groups -OCH3 is 2. The number of nitrogens with one attached hydrogen (secondary N) is 2. The molecule has 0 aliphatic rings. The first-order valence-electron chi connectivity index (χ1n) is 5.53. The van der Waals surface area contributed by atoms with E-state index in [4.69, 9.17) is 21.7 Å². The molecule has 5 nitrogen and oxygen atoms in total. The van der Waals surface area contributed by atoms with Crippen molar-refractivity contribution < 1.29 is 14.3 Å². The Morgan fingerprint density at radius 1 is 1.56 bits per heavy atom. The third-order valence-electron chi connectivity index (χ3n) is 2.46. The molecule has 0 saturated carbocycles. The lowest BCUT2D eigenvalue weighted by atomic mass is 10.3. The first-order valence-corrected chi connectivity index (χ1v) is 6.76. The number of carbonyl (C=O) groups excluding carboxylic acids is 1. The molecule has 7 heteroatoms. The van der Waals surface area contributed by atoms with Crippen LogP contribution in [0.4, 0.5) is 0 Å². The van der Waals surface area contributed by atoms with Crippen molar-refractivity contribution in [2.45, 2.75) is 19.4 Å². The van der Waals surface area contributed by atoms with Crippen LogP contribution in [0.5, 0.6) is 0 Å². The fourth-order valence-corrected chi connectivity index (χ4v) is 2.73. The molecule has 1 aromatic heterocycles. The fourth-order valence-electron chi connectivity index (χ4n) is 1.44. The molecule has 0 bridgehead atoms. The molecule has 0 aromatic carbocycles. The van der Waals surface area contributed by atoms with Gasteiger partial charge in [0.2, 0.25) is 5.91 Å². The van der Waals surface area contributed by atoms with Crippen molar-refractivity contribution in [1.29, 1.82) is 0 Å². The molecule has 0 spiro atoms. The predicted molar refractivity (Wildman–Crippen MR) is 73.6 cm³/mol. The van der Waals surface area contributed by atoms with Crippen molar-refractivity contribution >= 4 is 29.5 Å². The molecule has 102 valence electrons. The lowest BCUT2D eigenvalue weighted by Gasteiger charge is -2.14. The molecule has 0 saturated heterocycles. The summed E-state index contributed by atoms with van der Waals surface area (Å²) in [7, 11) is 3.20. The Bertz CT molecular complexity index is 442. The number of hydrogen-bond acceptors (Lipinski definition) is 5. The van der Waals surface area contributed by atoms with Crippen molar-refractivity contribution in [2.24, 2.45) is 0 Å². The van der Waals surface area contributed by atoms with E-state index in [-0.39, 0.29) is 12.0 Å². The zero-order valence-corrected chi connectivity index (χ0v) is 12.4. The number of aromatic nitrogens is 1. The second-order valence-electron chi connectivity index (χ2n) is 3.86. The van der Waals surface area contributed by atoms with Gasteiger partial charge in [-0.15, -0.1) is 11.3 Å². The third-order valence-corrected chi connectivity index (χ3v) is 3.79. The lowest BCUT2D eigenvalue weighted by molar-refractivity contribution is -0.121. The van der Waals surface area contributed by atoms with E-state index in [9.17, 15) is 4.79 Å². The summed E-state index contributed by atoms with van der Waals surface area (Å²) in [6.07, 6.45) is 0.219. The van der Waals surface area contributed by atoms with E-state index >= 15 is 0 Å². The van der Waals surface area contributed by atoms with Crippen molar-refractivity contribution in [3.63, 3.8) is 0 Å². The highest BCUT2D eigenvalue weighted by Crippen LogP contribution is 2.14. The molecule has 1 atom stereocenters. The van der Waals surface area contributed by atoms with Crippen LogP contribution in [0, 0.1) is 10.9 Å². The zero-order chi connectivity index (χ0) is 13.5. The monoisotopic (exact) mass is 290 g/mol. The van der Waals surface area contributed by atoms with Gasteiger partial charge in [0.05, 0.1) is 19.1 Å². The van der Waals surface area contributed by atoms with Gasteiger partial charge in [-0.25, -0.2) is 0 Å². The molecule has 0 aliphatic heterocycles. The second kappa shape index (κ2) is 7.63. The number of rotatable bonds is 7. The normalized spacial score (nSPS) is 12.4. The van der Waals surface area contributed by atoms with Crippen LogP contribution >= 0.6 is 23.6 Å². The Balaban J connectivity index is 2.42. The molecule has 0 fully saturated rings. The fraction of sp³-hybridized carbons (Fsp3) is 0.636. The Labute approximate surface area is 116 Å². The number of carbonyl (C=O) groups is 1. The van der Waals surface area contributed by atoms with E-state index in [0.717, 1.165) is 10.6 Å². The summed E-state index contributed by atoms with van der Waals surface area (Å²) in [4.78, 5) is 15.7. The van der Waals surface area contributed by atoms with Crippen LogP contribution in [0.3, 0.4) is 0 Å². The number of H-pyrrole nitrogens is 1. The Morgan fingerprint density at radius 2 is 2.28 bits per heavy atom. The van der Waals surface area contributed by atoms with E-state index in [1.807, 2.05) is 6.92 Å². The van der Waals surface area contributed by atoms with E-state index in [0.29, 0.717) is 23.5 Å². The van der Waals surface area contributed by atoms with Crippen LogP contribution in [0.25, 0.3) is 0 Å². The van der Waals surface area contributed by atoms with Gasteiger partial charge in [-0.3, -0.25) is 4.79 Å². The average molecular weight is 290 g/mol. The highest BCUT2D eigenvalue weighted by atomic mass is 32.1. The molecule has 0 aliphatic carbocycles. The van der Waals surface area contributed by atoms with Gasteiger partial charge in [-0.2, -0.15) is 0 Å². The summed E-state index contributed by atoms with van der Waals surface area (Å²) in [5, 5.41) is 2.82. The van der Waals surface area contributed by atoms with E-state index < -0.39 is 0 Å². The Morgan fingerprint density at radius 3 is 2.78 bits per heavy atom. The number of aromatic amines is 1. The maximum Gasteiger partial charge on any atom is 0.225 e. The molecule has 1 heterocycles. The highest BCUT2D eigenvalue weighted by Gasteiger charge is 2.11. The van der Waals surface area contributed by atoms with Crippen LogP contribution in [0.1, 0.15) is 10.6 Å². The maximum atomic E-state index is 11.7. The van der Waals surface area contributed by atoms with Crippen LogP contribution in [-0.2, 0) is 20.7 Å². The second-order valence-corrected chi connectivity index (χ2v) is 5.63. The summed E-state index contributed by atoms with van der Waals surface area (Å²) in [5.74, 6) is -0.0403. The average Bonchev–Trinajstić information content (AvgIpc) is 2.63. The molecule has 1 amide bonds. The van der Waals surface area contributed by atoms with Crippen LogP contribution in [-0.4, -0.2) is 44.4 Å². The van der Waals surface area contributed by atoms with Crippen molar-refractivity contribution in [3.8, 4) is 0 Å². The minimum absolute atomic E-state index is 0.0403. The van der Waals surface area contributed by atoms with Crippen molar-refractivity contribution in [3.05, 3.63) is 14.5 Å². The molecule has 1 unspecified atom stereocenters. The molecule has 2 N–H and O–H groups in total. The highest BCUT2D eigenvalue weighted by molar-refractivity contribution is 7.73. The minimum Gasteiger partial charge on any atom is -0.382 e. The molecule has 18 heavy (non-hydrogen) atoms. The van der Waals surface area contributed by atoms with Crippen molar-refractivity contribution in [2.75, 3.05) is 27.4 Å². The van der Waals surface area contributed by atoms with E-state index in [1.54, 1.807) is 14.2 Å². The van der Waals surface area contributed by atoms with Gasteiger partial charge in [0.15, 0.2) is 3.95 Å². The smallest absolute Gasteiger partial charge is 0.225 e. The van der Waals surface area contributed by atoms with Gasteiger partial charge in [-0.05, 0) is 19.1 Å². The quantitative estimate of drug-likeness (QED) is 0.746. The van der Waals surface area contributed by atoms with E-state index in [2.05, 4.69) is 10.3 Å². The largest absolute Gasteiger partial charge is 0.382 e. The van der Waals surface area contributed by atoms with Crippen LogP contribution < -0.4 is 5.32 Å². The zero-order valence-electron chi connectivity index (χ0n) is 10.7. The number of aryl methyl sites for hydroxylation is 1. The van der Waals surface area contributed by atoms with Gasteiger partial charge in [-0.1, -0.05) is 0 Å². The summed E-state index contributed by atoms with van der Waals surface area (Å²) >= 11 is 6.46. The van der Waals surface area contributed by atoms with Crippen LogP contribution in [0.2, 0.25) is 0 Å². The first kappa shape index (κ1) is 15.3. The van der Waals surface area contributed by atoms with E-state index in [1.165, 1.54) is 11.3 Å². The summed E-state index contributed by atoms with van der Waals surface area (Å²) in [6.45, 7) is 2.81.